The molecule has 1 aromatic heterocycles. The quantitative estimate of drug-likeness (QED) is 0.660. The highest BCUT2D eigenvalue weighted by atomic mass is 32.1. The van der Waals surface area contributed by atoms with E-state index in [-0.39, 0.29) is 16.7 Å². The summed E-state index contributed by atoms with van der Waals surface area (Å²) in [4.78, 5) is 11.5. The van der Waals surface area contributed by atoms with Crippen LogP contribution in [0.15, 0.2) is 41.8 Å². The number of thiophene rings is 1. The summed E-state index contributed by atoms with van der Waals surface area (Å²) in [7, 11) is 0. The smallest absolute Gasteiger partial charge is 0.271 e. The first-order valence-corrected chi connectivity index (χ1v) is 6.09. The van der Waals surface area contributed by atoms with Crippen LogP contribution >= 0.6 is 11.3 Å². The van der Waals surface area contributed by atoms with Crippen LogP contribution in [0.4, 0.5) is 11.4 Å². The monoisotopic (exact) mass is 248 g/mol. The Labute approximate surface area is 103 Å². The maximum Gasteiger partial charge on any atom is 0.271 e. The fraction of sp³-hybridized carbons (Fsp3) is 0.167. The molecule has 0 aliphatic carbocycles. The SMILES string of the molecule is CC(Nc1cccc([N+](=O)[O-])c1)c1cccs1. The van der Waals surface area contributed by atoms with Gasteiger partial charge in [-0.05, 0) is 24.4 Å². The summed E-state index contributed by atoms with van der Waals surface area (Å²) >= 11 is 1.66. The third-order valence-corrected chi connectivity index (χ3v) is 3.47. The summed E-state index contributed by atoms with van der Waals surface area (Å²) in [5.74, 6) is 0. The summed E-state index contributed by atoms with van der Waals surface area (Å²) in [6, 6.07) is 10.7. The van der Waals surface area contributed by atoms with Gasteiger partial charge in [0.2, 0.25) is 0 Å². The van der Waals surface area contributed by atoms with Crippen LogP contribution in [-0.4, -0.2) is 4.92 Å². The van der Waals surface area contributed by atoms with Gasteiger partial charge in [0.1, 0.15) is 0 Å². The minimum absolute atomic E-state index is 0.105. The van der Waals surface area contributed by atoms with Crippen molar-refractivity contribution in [1.82, 2.24) is 0 Å². The van der Waals surface area contributed by atoms with Crippen molar-refractivity contribution in [1.29, 1.82) is 0 Å². The fourth-order valence-corrected chi connectivity index (χ4v) is 2.30. The van der Waals surface area contributed by atoms with E-state index < -0.39 is 0 Å². The van der Waals surface area contributed by atoms with E-state index in [4.69, 9.17) is 0 Å². The first-order valence-electron chi connectivity index (χ1n) is 5.21. The zero-order valence-electron chi connectivity index (χ0n) is 9.29. The molecule has 88 valence electrons. The number of hydrogen-bond donors (Lipinski definition) is 1. The van der Waals surface area contributed by atoms with E-state index in [0.29, 0.717) is 0 Å². The zero-order valence-corrected chi connectivity index (χ0v) is 10.1. The molecule has 0 aliphatic heterocycles. The summed E-state index contributed by atoms with van der Waals surface area (Å²) in [5.41, 5.74) is 0.869. The lowest BCUT2D eigenvalue weighted by molar-refractivity contribution is -0.384. The van der Waals surface area contributed by atoms with Gasteiger partial charge in [0.15, 0.2) is 0 Å². The van der Waals surface area contributed by atoms with Crippen LogP contribution in [0.25, 0.3) is 0 Å². The Morgan fingerprint density at radius 1 is 1.35 bits per heavy atom. The largest absolute Gasteiger partial charge is 0.378 e. The molecule has 0 fully saturated rings. The molecule has 2 rings (SSSR count). The van der Waals surface area contributed by atoms with E-state index in [9.17, 15) is 10.1 Å². The van der Waals surface area contributed by atoms with Gasteiger partial charge in [0.05, 0.1) is 11.0 Å². The van der Waals surface area contributed by atoms with Crippen molar-refractivity contribution in [3.8, 4) is 0 Å². The third-order valence-electron chi connectivity index (χ3n) is 2.41. The summed E-state index contributed by atoms with van der Waals surface area (Å²) < 4.78 is 0. The Morgan fingerprint density at radius 3 is 2.82 bits per heavy atom. The molecule has 1 N–H and O–H groups in total. The van der Waals surface area contributed by atoms with Gasteiger partial charge in [-0.2, -0.15) is 0 Å². The number of nitro groups is 1. The van der Waals surface area contributed by atoms with Crippen LogP contribution in [0.3, 0.4) is 0 Å². The molecule has 4 nitrogen and oxygen atoms in total. The molecule has 1 unspecified atom stereocenters. The van der Waals surface area contributed by atoms with E-state index in [2.05, 4.69) is 5.32 Å². The average Bonchev–Trinajstić information content (AvgIpc) is 2.82. The van der Waals surface area contributed by atoms with Gasteiger partial charge in [-0.1, -0.05) is 12.1 Å². The highest BCUT2D eigenvalue weighted by Gasteiger charge is 2.09. The van der Waals surface area contributed by atoms with E-state index >= 15 is 0 Å². The molecule has 0 bridgehead atoms. The van der Waals surface area contributed by atoms with Gasteiger partial charge in [-0.25, -0.2) is 0 Å². The number of nitro benzene ring substituents is 1. The Hall–Kier alpha value is -1.88. The molecule has 1 heterocycles. The molecule has 0 amide bonds. The Kier molecular flexibility index (Phi) is 3.39. The first kappa shape index (κ1) is 11.6. The number of benzene rings is 1. The summed E-state index contributed by atoms with van der Waals surface area (Å²) in [6.45, 7) is 2.03. The average molecular weight is 248 g/mol. The highest BCUT2D eigenvalue weighted by Crippen LogP contribution is 2.25. The minimum Gasteiger partial charge on any atom is -0.378 e. The molecule has 5 heteroatoms. The standard InChI is InChI=1S/C12H12N2O2S/c1-9(12-6-3-7-17-12)13-10-4-2-5-11(8-10)14(15)16/h2-9,13H,1H3. The molecular formula is C12H12N2O2S. The topological polar surface area (TPSA) is 55.2 Å². The third kappa shape index (κ3) is 2.82. The van der Waals surface area contributed by atoms with Gasteiger partial charge in [-0.3, -0.25) is 10.1 Å². The van der Waals surface area contributed by atoms with Gasteiger partial charge < -0.3 is 5.32 Å². The van der Waals surface area contributed by atoms with Gasteiger partial charge >= 0.3 is 0 Å². The van der Waals surface area contributed by atoms with Gasteiger partial charge in [-0.15, -0.1) is 11.3 Å². The molecule has 0 saturated heterocycles. The summed E-state index contributed by atoms with van der Waals surface area (Å²) in [5, 5.41) is 15.9. The van der Waals surface area contributed by atoms with Crippen LogP contribution in [0.2, 0.25) is 0 Å². The molecule has 0 saturated carbocycles. The molecular weight excluding hydrogens is 236 g/mol. The van der Waals surface area contributed by atoms with Gasteiger partial charge in [0, 0.05) is 22.7 Å². The number of nitrogens with one attached hydrogen (secondary N) is 1. The predicted octanol–water partition coefficient (Wildman–Crippen LogP) is 3.83. The first-order chi connectivity index (χ1) is 8.16. The zero-order chi connectivity index (χ0) is 12.3. The van der Waals surface area contributed by atoms with Crippen LogP contribution in [0.1, 0.15) is 17.8 Å². The van der Waals surface area contributed by atoms with Crippen molar-refractivity contribution in [2.75, 3.05) is 5.32 Å². The Balaban J connectivity index is 2.13. The highest BCUT2D eigenvalue weighted by molar-refractivity contribution is 7.10. The minimum atomic E-state index is -0.388. The maximum atomic E-state index is 10.6. The predicted molar refractivity (Wildman–Crippen MR) is 69.5 cm³/mol. The molecule has 0 spiro atoms. The van der Waals surface area contributed by atoms with Crippen LogP contribution in [0.5, 0.6) is 0 Å². The molecule has 17 heavy (non-hydrogen) atoms. The molecule has 1 atom stereocenters. The molecule has 0 aliphatic rings. The lowest BCUT2D eigenvalue weighted by Gasteiger charge is -2.13. The second-order valence-corrected chi connectivity index (χ2v) is 4.67. The number of non-ortho nitro benzene ring substituents is 1. The van der Waals surface area contributed by atoms with Crippen molar-refractivity contribution >= 4 is 22.7 Å². The van der Waals surface area contributed by atoms with E-state index in [1.54, 1.807) is 23.5 Å². The number of hydrogen-bond acceptors (Lipinski definition) is 4. The van der Waals surface area contributed by atoms with Crippen LogP contribution in [0, 0.1) is 10.1 Å². The van der Waals surface area contributed by atoms with Gasteiger partial charge in [0.25, 0.3) is 5.69 Å². The number of rotatable bonds is 4. The Bertz CT molecular complexity index is 511. The fourth-order valence-electron chi connectivity index (χ4n) is 1.57. The molecule has 1 aromatic carbocycles. The van der Waals surface area contributed by atoms with Crippen LogP contribution < -0.4 is 5.32 Å². The molecule has 0 radical (unpaired) electrons. The normalized spacial score (nSPS) is 12.1. The van der Waals surface area contributed by atoms with Crippen molar-refractivity contribution in [2.45, 2.75) is 13.0 Å². The van der Waals surface area contributed by atoms with Crippen molar-refractivity contribution in [3.63, 3.8) is 0 Å². The van der Waals surface area contributed by atoms with Crippen molar-refractivity contribution in [3.05, 3.63) is 56.8 Å². The molecule has 2 aromatic rings. The van der Waals surface area contributed by atoms with Crippen molar-refractivity contribution in [2.24, 2.45) is 0 Å². The lowest BCUT2D eigenvalue weighted by Crippen LogP contribution is -2.04. The number of anilines is 1. The van der Waals surface area contributed by atoms with Crippen LogP contribution in [-0.2, 0) is 0 Å². The van der Waals surface area contributed by atoms with E-state index in [1.165, 1.54) is 10.9 Å². The maximum absolute atomic E-state index is 10.6. The number of nitrogens with zero attached hydrogens (tertiary/aromatic N) is 1. The second-order valence-electron chi connectivity index (χ2n) is 3.69. The van der Waals surface area contributed by atoms with Crippen molar-refractivity contribution < 1.29 is 4.92 Å². The second kappa shape index (κ2) is 4.97. The Morgan fingerprint density at radius 2 is 2.18 bits per heavy atom. The van der Waals surface area contributed by atoms with E-state index in [0.717, 1.165) is 5.69 Å². The van der Waals surface area contributed by atoms with E-state index in [1.807, 2.05) is 30.5 Å². The lowest BCUT2D eigenvalue weighted by atomic mass is 10.2. The summed E-state index contributed by atoms with van der Waals surface area (Å²) in [6.07, 6.45) is 0.